The molecule has 3 rings (SSSR count). The molecule has 1 saturated heterocycles. The van der Waals surface area contributed by atoms with Crippen molar-refractivity contribution >= 4 is 17.9 Å². The predicted molar refractivity (Wildman–Crippen MR) is 81.6 cm³/mol. The van der Waals surface area contributed by atoms with E-state index in [4.69, 9.17) is 14.2 Å². The lowest BCUT2D eigenvalue weighted by atomic mass is 9.92. The second-order valence-corrected chi connectivity index (χ2v) is 5.82. The van der Waals surface area contributed by atoms with Crippen molar-refractivity contribution in [3.05, 3.63) is 23.8 Å². The summed E-state index contributed by atoms with van der Waals surface area (Å²) in [6.45, 7) is 3.25. The first-order valence-electron chi connectivity index (χ1n) is 7.61. The Bertz CT molecular complexity index is 704. The van der Waals surface area contributed by atoms with Crippen LogP contribution in [-0.4, -0.2) is 48.3 Å². The monoisotopic (exact) mass is 334 g/mol. The molecule has 0 unspecified atom stereocenters. The molecule has 0 aliphatic carbocycles. The molecule has 0 aromatic heterocycles. The topological polar surface area (TPSA) is 94.2 Å². The van der Waals surface area contributed by atoms with Gasteiger partial charge in [0.15, 0.2) is 11.5 Å². The van der Waals surface area contributed by atoms with E-state index in [0.717, 1.165) is 10.5 Å². The summed E-state index contributed by atoms with van der Waals surface area (Å²) >= 11 is 0. The van der Waals surface area contributed by atoms with E-state index >= 15 is 0 Å². The van der Waals surface area contributed by atoms with Crippen molar-refractivity contribution in [1.82, 2.24) is 10.2 Å². The first kappa shape index (κ1) is 16.1. The second-order valence-electron chi connectivity index (χ2n) is 5.82. The lowest BCUT2D eigenvalue weighted by molar-refractivity contribution is -0.147. The van der Waals surface area contributed by atoms with Gasteiger partial charge >= 0.3 is 12.0 Å². The Kier molecular flexibility index (Phi) is 4.04. The van der Waals surface area contributed by atoms with E-state index < -0.39 is 30.0 Å². The number of imide groups is 1. The molecule has 0 bridgehead atoms. The average Bonchev–Trinajstić information content (AvgIpc) is 3.06. The minimum absolute atomic E-state index is 0.166. The number of carbonyl (C=O) groups is 3. The van der Waals surface area contributed by atoms with Gasteiger partial charge in [-0.05, 0) is 31.5 Å². The molecule has 2 aliphatic heterocycles. The molecule has 8 nitrogen and oxygen atoms in total. The number of benzene rings is 1. The van der Waals surface area contributed by atoms with Crippen molar-refractivity contribution in [3.8, 4) is 11.5 Å². The Balaban J connectivity index is 1.74. The number of ether oxygens (including phenoxy) is 3. The zero-order chi connectivity index (χ0) is 17.3. The lowest BCUT2D eigenvalue weighted by Gasteiger charge is -2.21. The Labute approximate surface area is 138 Å². The fourth-order valence-corrected chi connectivity index (χ4v) is 2.81. The largest absolute Gasteiger partial charge is 0.465 e. The Morgan fingerprint density at radius 1 is 1.33 bits per heavy atom. The maximum atomic E-state index is 12.6. The fourth-order valence-electron chi connectivity index (χ4n) is 2.81. The highest BCUT2D eigenvalue weighted by molar-refractivity contribution is 6.08. The third-order valence-electron chi connectivity index (χ3n) is 3.93. The molecule has 24 heavy (non-hydrogen) atoms. The van der Waals surface area contributed by atoms with Crippen LogP contribution in [0.15, 0.2) is 18.2 Å². The van der Waals surface area contributed by atoms with E-state index in [9.17, 15) is 14.4 Å². The van der Waals surface area contributed by atoms with Gasteiger partial charge in [0, 0.05) is 6.42 Å². The minimum atomic E-state index is -1.13. The van der Waals surface area contributed by atoms with Crippen molar-refractivity contribution in [2.75, 3.05) is 19.9 Å². The highest BCUT2D eigenvalue weighted by atomic mass is 16.7. The fraction of sp³-hybridized carbons (Fsp3) is 0.438. The van der Waals surface area contributed by atoms with Gasteiger partial charge in [-0.3, -0.25) is 14.5 Å². The number of fused-ring (bicyclic) bond motifs is 1. The van der Waals surface area contributed by atoms with Gasteiger partial charge in [0.1, 0.15) is 12.1 Å². The number of nitrogens with one attached hydrogen (secondary N) is 1. The predicted octanol–water partition coefficient (Wildman–Crippen LogP) is 0.831. The van der Waals surface area contributed by atoms with Gasteiger partial charge in [-0.1, -0.05) is 6.07 Å². The Hall–Kier alpha value is -2.77. The van der Waals surface area contributed by atoms with Crippen LogP contribution < -0.4 is 14.8 Å². The zero-order valence-corrected chi connectivity index (χ0v) is 13.5. The maximum absolute atomic E-state index is 12.6. The van der Waals surface area contributed by atoms with Crippen LogP contribution >= 0.6 is 0 Å². The number of esters is 1. The first-order chi connectivity index (χ1) is 11.4. The van der Waals surface area contributed by atoms with Crippen molar-refractivity contribution in [3.63, 3.8) is 0 Å². The van der Waals surface area contributed by atoms with Crippen LogP contribution in [0.2, 0.25) is 0 Å². The molecule has 3 amide bonds. The smallest absolute Gasteiger partial charge is 0.326 e. The number of rotatable bonds is 5. The average molecular weight is 334 g/mol. The van der Waals surface area contributed by atoms with Gasteiger partial charge < -0.3 is 19.5 Å². The van der Waals surface area contributed by atoms with Crippen LogP contribution in [0.3, 0.4) is 0 Å². The maximum Gasteiger partial charge on any atom is 0.326 e. The van der Waals surface area contributed by atoms with Gasteiger partial charge in [-0.25, -0.2) is 4.79 Å². The molecule has 0 radical (unpaired) electrons. The molecule has 0 spiro atoms. The number of hydrogen-bond acceptors (Lipinski definition) is 6. The number of amides is 3. The molecule has 1 fully saturated rings. The van der Waals surface area contributed by atoms with Gasteiger partial charge in [-0.15, -0.1) is 0 Å². The van der Waals surface area contributed by atoms with Gasteiger partial charge in [0.25, 0.3) is 5.91 Å². The third kappa shape index (κ3) is 2.86. The van der Waals surface area contributed by atoms with Crippen LogP contribution in [0.25, 0.3) is 0 Å². The highest BCUT2D eigenvalue weighted by Crippen LogP contribution is 2.34. The molecular formula is C16H18N2O6. The van der Waals surface area contributed by atoms with Gasteiger partial charge in [0.05, 0.1) is 6.61 Å². The van der Waals surface area contributed by atoms with E-state index in [-0.39, 0.29) is 19.8 Å². The SMILES string of the molecule is CCOC(=O)CN1C(=O)N[C@](C)(Cc2ccc3c(c2)OCO3)C1=O. The van der Waals surface area contributed by atoms with Gasteiger partial charge in [-0.2, -0.15) is 0 Å². The Morgan fingerprint density at radius 3 is 2.83 bits per heavy atom. The number of carbonyl (C=O) groups excluding carboxylic acids is 3. The van der Waals surface area contributed by atoms with Crippen LogP contribution in [0.5, 0.6) is 11.5 Å². The van der Waals surface area contributed by atoms with Crippen molar-refractivity contribution in [2.24, 2.45) is 0 Å². The summed E-state index contributed by atoms with van der Waals surface area (Å²) in [5, 5.41) is 2.65. The molecular weight excluding hydrogens is 316 g/mol. The summed E-state index contributed by atoms with van der Waals surface area (Å²) in [5.74, 6) is 0.178. The summed E-state index contributed by atoms with van der Waals surface area (Å²) in [5.41, 5.74) is -0.314. The molecule has 128 valence electrons. The number of urea groups is 1. The third-order valence-corrected chi connectivity index (χ3v) is 3.93. The van der Waals surface area contributed by atoms with Crippen molar-refractivity contribution in [1.29, 1.82) is 0 Å². The first-order valence-corrected chi connectivity index (χ1v) is 7.61. The standard InChI is InChI=1S/C16H18N2O6/c1-3-22-13(19)8-18-14(20)16(2,17-15(18)21)7-10-4-5-11-12(6-10)24-9-23-11/h4-6H,3,7-9H2,1-2H3,(H,17,21)/t16-/m1/s1. The molecule has 2 heterocycles. The second kappa shape index (κ2) is 6.03. The van der Waals surface area contributed by atoms with E-state index in [1.165, 1.54) is 0 Å². The molecule has 1 atom stereocenters. The van der Waals surface area contributed by atoms with E-state index in [1.54, 1.807) is 26.0 Å². The minimum Gasteiger partial charge on any atom is -0.465 e. The molecule has 1 aromatic rings. The molecule has 2 aliphatic rings. The van der Waals surface area contributed by atoms with Gasteiger partial charge in [0.2, 0.25) is 6.79 Å². The zero-order valence-electron chi connectivity index (χ0n) is 13.5. The van der Waals surface area contributed by atoms with Crippen molar-refractivity contribution in [2.45, 2.75) is 25.8 Å². The normalized spacial score (nSPS) is 21.8. The number of hydrogen-bond donors (Lipinski definition) is 1. The summed E-state index contributed by atoms with van der Waals surface area (Å²) in [7, 11) is 0. The van der Waals surface area contributed by atoms with Crippen LogP contribution in [0.4, 0.5) is 4.79 Å². The van der Waals surface area contributed by atoms with E-state index in [1.807, 2.05) is 6.07 Å². The van der Waals surface area contributed by atoms with E-state index in [0.29, 0.717) is 11.5 Å². The number of nitrogens with zero attached hydrogens (tertiary/aromatic N) is 1. The summed E-state index contributed by atoms with van der Waals surface area (Å²) in [4.78, 5) is 37.1. The van der Waals surface area contributed by atoms with Crippen molar-refractivity contribution < 1.29 is 28.6 Å². The molecule has 8 heteroatoms. The van der Waals surface area contributed by atoms with Crippen LogP contribution in [-0.2, 0) is 20.7 Å². The highest BCUT2D eigenvalue weighted by Gasteiger charge is 2.48. The quantitative estimate of drug-likeness (QED) is 0.633. The summed E-state index contributed by atoms with van der Waals surface area (Å²) in [6.07, 6.45) is 0.271. The van der Waals surface area contributed by atoms with Crippen LogP contribution in [0, 0.1) is 0 Å². The van der Waals surface area contributed by atoms with E-state index in [2.05, 4.69) is 5.32 Å². The lowest BCUT2D eigenvalue weighted by Crippen LogP contribution is -2.46. The molecule has 1 aromatic carbocycles. The molecule has 0 saturated carbocycles. The molecule has 1 N–H and O–H groups in total. The van der Waals surface area contributed by atoms with Crippen LogP contribution in [0.1, 0.15) is 19.4 Å². The summed E-state index contributed by atoms with van der Waals surface area (Å²) in [6, 6.07) is 4.75. The summed E-state index contributed by atoms with van der Waals surface area (Å²) < 4.78 is 15.4. The Morgan fingerprint density at radius 2 is 2.08 bits per heavy atom.